The number of nitrogens with zero attached hydrogens (tertiary/aromatic N) is 3. The van der Waals surface area contributed by atoms with Crippen LogP contribution in [0.1, 0.15) is 0 Å². The van der Waals surface area contributed by atoms with E-state index in [1.54, 1.807) is 0 Å². The number of benzene rings is 1. The lowest BCUT2D eigenvalue weighted by Gasteiger charge is -1.93. The predicted octanol–water partition coefficient (Wildman–Crippen LogP) is 1.37. The number of nitrogens with one attached hydrogen (secondary N) is 1. The highest BCUT2D eigenvalue weighted by molar-refractivity contribution is 5.56. The maximum absolute atomic E-state index is 4.40. The van der Waals surface area contributed by atoms with Crippen LogP contribution in [0.2, 0.25) is 0 Å². The summed E-state index contributed by atoms with van der Waals surface area (Å²) in [5.74, 6) is 1.68. The van der Waals surface area contributed by atoms with Gasteiger partial charge in [-0.05, 0) is 0 Å². The molecule has 3 rings (SSSR count). The number of fused-ring (bicyclic) bond motifs is 1. The monoisotopic (exact) mass is 186 g/mol. The molecule has 0 atom stereocenters. The summed E-state index contributed by atoms with van der Waals surface area (Å²) in [5, 5.41) is 7.58. The van der Waals surface area contributed by atoms with Gasteiger partial charge in [0.25, 0.3) is 0 Å². The first-order valence-electron chi connectivity index (χ1n) is 4.67. The molecule has 70 valence electrons. The SMILES string of the molecule is c1ccc(-c2nc3n(n2)CCN3)cc1. The molecule has 0 radical (unpaired) electrons. The van der Waals surface area contributed by atoms with Crippen LogP contribution >= 0.6 is 0 Å². The second kappa shape index (κ2) is 2.83. The summed E-state index contributed by atoms with van der Waals surface area (Å²) in [5.41, 5.74) is 1.07. The molecular weight excluding hydrogens is 176 g/mol. The Morgan fingerprint density at radius 2 is 2.07 bits per heavy atom. The van der Waals surface area contributed by atoms with Crippen LogP contribution in [-0.2, 0) is 6.54 Å². The fraction of sp³-hybridized carbons (Fsp3) is 0.200. The van der Waals surface area contributed by atoms with Crippen molar-refractivity contribution < 1.29 is 0 Å². The van der Waals surface area contributed by atoms with Crippen molar-refractivity contribution in [1.82, 2.24) is 14.8 Å². The third kappa shape index (κ3) is 1.08. The van der Waals surface area contributed by atoms with E-state index in [1.165, 1.54) is 0 Å². The molecule has 1 aromatic heterocycles. The van der Waals surface area contributed by atoms with Gasteiger partial charge in [-0.25, -0.2) is 4.68 Å². The number of hydrogen-bond acceptors (Lipinski definition) is 3. The van der Waals surface area contributed by atoms with Gasteiger partial charge in [0.1, 0.15) is 0 Å². The molecule has 0 bridgehead atoms. The summed E-state index contributed by atoms with van der Waals surface area (Å²) in [7, 11) is 0. The van der Waals surface area contributed by atoms with Gasteiger partial charge in [0.2, 0.25) is 5.95 Å². The first-order valence-corrected chi connectivity index (χ1v) is 4.67. The maximum Gasteiger partial charge on any atom is 0.221 e. The van der Waals surface area contributed by atoms with Crippen molar-refractivity contribution in [1.29, 1.82) is 0 Å². The molecule has 2 heterocycles. The Balaban J connectivity index is 2.06. The number of rotatable bonds is 1. The van der Waals surface area contributed by atoms with Crippen LogP contribution in [0.4, 0.5) is 5.95 Å². The lowest BCUT2D eigenvalue weighted by atomic mass is 10.2. The predicted molar refractivity (Wildman–Crippen MR) is 53.9 cm³/mol. The first kappa shape index (κ1) is 7.55. The summed E-state index contributed by atoms with van der Waals surface area (Å²) in [4.78, 5) is 4.40. The Kier molecular flexibility index (Phi) is 1.53. The Hall–Kier alpha value is -1.84. The summed E-state index contributed by atoms with van der Waals surface area (Å²) in [6.07, 6.45) is 0. The van der Waals surface area contributed by atoms with Gasteiger partial charge in [0.05, 0.1) is 6.54 Å². The van der Waals surface area contributed by atoms with Gasteiger partial charge in [-0.15, -0.1) is 5.10 Å². The molecule has 0 fully saturated rings. The smallest absolute Gasteiger partial charge is 0.221 e. The van der Waals surface area contributed by atoms with E-state index < -0.39 is 0 Å². The Morgan fingerprint density at radius 3 is 2.86 bits per heavy atom. The van der Waals surface area contributed by atoms with E-state index in [2.05, 4.69) is 15.4 Å². The molecule has 0 aliphatic carbocycles. The topological polar surface area (TPSA) is 42.7 Å². The minimum Gasteiger partial charge on any atom is -0.353 e. The van der Waals surface area contributed by atoms with Crippen LogP contribution in [0.3, 0.4) is 0 Å². The van der Waals surface area contributed by atoms with Crippen LogP contribution in [0.15, 0.2) is 30.3 Å². The van der Waals surface area contributed by atoms with Crippen molar-refractivity contribution in [2.75, 3.05) is 11.9 Å². The molecular formula is C10H10N4. The van der Waals surface area contributed by atoms with Gasteiger partial charge in [0.15, 0.2) is 5.82 Å². The van der Waals surface area contributed by atoms with E-state index >= 15 is 0 Å². The van der Waals surface area contributed by atoms with Crippen LogP contribution in [0, 0.1) is 0 Å². The van der Waals surface area contributed by atoms with Crippen molar-refractivity contribution in [2.45, 2.75) is 6.54 Å². The number of aromatic nitrogens is 3. The Bertz CT molecular complexity index is 425. The fourth-order valence-corrected chi connectivity index (χ4v) is 1.61. The van der Waals surface area contributed by atoms with Crippen molar-refractivity contribution in [3.8, 4) is 11.4 Å². The molecule has 1 aliphatic heterocycles. The Labute approximate surface area is 81.6 Å². The van der Waals surface area contributed by atoms with Crippen LogP contribution in [-0.4, -0.2) is 21.3 Å². The molecule has 14 heavy (non-hydrogen) atoms. The molecule has 4 nitrogen and oxygen atoms in total. The van der Waals surface area contributed by atoms with Crippen molar-refractivity contribution >= 4 is 5.95 Å². The standard InChI is InChI=1S/C10H10N4/c1-2-4-8(5-3-1)9-12-10-11-6-7-14(10)13-9/h1-5H,6-7H2,(H,11,12,13). The van der Waals surface area contributed by atoms with Gasteiger partial charge in [-0.3, -0.25) is 0 Å². The molecule has 1 aromatic carbocycles. The van der Waals surface area contributed by atoms with Gasteiger partial charge < -0.3 is 5.32 Å². The van der Waals surface area contributed by atoms with Crippen LogP contribution in [0.5, 0.6) is 0 Å². The van der Waals surface area contributed by atoms with E-state index in [4.69, 9.17) is 0 Å². The molecule has 0 amide bonds. The fourth-order valence-electron chi connectivity index (χ4n) is 1.61. The normalized spacial score (nSPS) is 13.7. The third-order valence-corrected chi connectivity index (χ3v) is 2.31. The molecule has 0 unspecified atom stereocenters. The van der Waals surface area contributed by atoms with Gasteiger partial charge in [0, 0.05) is 12.1 Å². The third-order valence-electron chi connectivity index (χ3n) is 2.31. The average Bonchev–Trinajstić information content (AvgIpc) is 2.78. The van der Waals surface area contributed by atoms with Crippen molar-refractivity contribution in [3.05, 3.63) is 30.3 Å². The first-order chi connectivity index (χ1) is 6.93. The molecule has 0 saturated heterocycles. The number of hydrogen-bond donors (Lipinski definition) is 1. The molecule has 0 spiro atoms. The highest BCUT2D eigenvalue weighted by Crippen LogP contribution is 2.19. The second-order valence-corrected chi connectivity index (χ2v) is 3.27. The lowest BCUT2D eigenvalue weighted by Crippen LogP contribution is -1.97. The van der Waals surface area contributed by atoms with E-state index in [0.29, 0.717) is 0 Å². The maximum atomic E-state index is 4.40. The van der Waals surface area contributed by atoms with Crippen LogP contribution in [0.25, 0.3) is 11.4 Å². The largest absolute Gasteiger partial charge is 0.353 e. The summed E-state index contributed by atoms with van der Waals surface area (Å²) >= 11 is 0. The molecule has 4 heteroatoms. The van der Waals surface area contributed by atoms with Gasteiger partial charge in [-0.2, -0.15) is 4.98 Å². The van der Waals surface area contributed by atoms with Crippen molar-refractivity contribution in [3.63, 3.8) is 0 Å². The average molecular weight is 186 g/mol. The van der Waals surface area contributed by atoms with Gasteiger partial charge in [-0.1, -0.05) is 30.3 Å². The zero-order valence-corrected chi connectivity index (χ0v) is 7.64. The summed E-state index contributed by atoms with van der Waals surface area (Å²) < 4.78 is 1.91. The molecule has 0 saturated carbocycles. The second-order valence-electron chi connectivity index (χ2n) is 3.27. The van der Waals surface area contributed by atoms with Crippen molar-refractivity contribution in [2.24, 2.45) is 0 Å². The zero-order chi connectivity index (χ0) is 9.38. The van der Waals surface area contributed by atoms with E-state index in [9.17, 15) is 0 Å². The van der Waals surface area contributed by atoms with E-state index in [0.717, 1.165) is 30.4 Å². The zero-order valence-electron chi connectivity index (χ0n) is 7.64. The van der Waals surface area contributed by atoms with E-state index in [1.807, 2.05) is 35.0 Å². The molecule has 1 aliphatic rings. The quantitative estimate of drug-likeness (QED) is 0.731. The number of anilines is 1. The summed E-state index contributed by atoms with van der Waals surface area (Å²) in [6.45, 7) is 1.85. The molecule has 2 aromatic rings. The minimum absolute atomic E-state index is 0.799. The van der Waals surface area contributed by atoms with Crippen LogP contribution < -0.4 is 5.32 Å². The minimum atomic E-state index is 0.799. The Morgan fingerprint density at radius 1 is 1.21 bits per heavy atom. The highest BCUT2D eigenvalue weighted by atomic mass is 15.4. The highest BCUT2D eigenvalue weighted by Gasteiger charge is 2.14. The summed E-state index contributed by atoms with van der Waals surface area (Å²) in [6, 6.07) is 10.0. The molecule has 1 N–H and O–H groups in total. The van der Waals surface area contributed by atoms with E-state index in [-0.39, 0.29) is 0 Å². The lowest BCUT2D eigenvalue weighted by molar-refractivity contribution is 0.699. The van der Waals surface area contributed by atoms with Gasteiger partial charge >= 0.3 is 0 Å².